The highest BCUT2D eigenvalue weighted by molar-refractivity contribution is 6.04. The predicted octanol–water partition coefficient (Wildman–Crippen LogP) is 4.49. The van der Waals surface area contributed by atoms with E-state index in [0.717, 1.165) is 5.69 Å². The van der Waals surface area contributed by atoms with Gasteiger partial charge in [0.05, 0.1) is 11.6 Å². The highest BCUT2D eigenvalue weighted by atomic mass is 16.1. The maximum atomic E-state index is 12.1. The van der Waals surface area contributed by atoms with E-state index in [4.69, 9.17) is 5.26 Å². The third-order valence-corrected chi connectivity index (χ3v) is 3.34. The van der Waals surface area contributed by atoms with Crippen molar-refractivity contribution in [2.75, 3.05) is 5.32 Å². The van der Waals surface area contributed by atoms with Gasteiger partial charge in [0.2, 0.25) is 0 Å². The van der Waals surface area contributed by atoms with Crippen LogP contribution in [-0.2, 0) is 0 Å². The smallest absolute Gasteiger partial charge is 0.187 e. The number of rotatable bonds is 5. The van der Waals surface area contributed by atoms with E-state index in [2.05, 4.69) is 25.2 Å². The molecule has 2 aromatic rings. The van der Waals surface area contributed by atoms with Crippen LogP contribution in [0, 0.1) is 11.3 Å². The second kappa shape index (κ2) is 7.24. The molecule has 2 aromatic carbocycles. The van der Waals surface area contributed by atoms with E-state index in [-0.39, 0.29) is 5.78 Å². The first-order valence-corrected chi connectivity index (χ1v) is 7.17. The minimum absolute atomic E-state index is 0.0563. The van der Waals surface area contributed by atoms with Crippen molar-refractivity contribution >= 4 is 11.5 Å². The summed E-state index contributed by atoms with van der Waals surface area (Å²) in [5.41, 5.74) is 3.23. The van der Waals surface area contributed by atoms with Crippen LogP contribution in [0.1, 0.15) is 41.3 Å². The Morgan fingerprint density at radius 2 is 1.91 bits per heavy atom. The van der Waals surface area contributed by atoms with Gasteiger partial charge in [0, 0.05) is 23.5 Å². The van der Waals surface area contributed by atoms with Gasteiger partial charge < -0.3 is 5.32 Å². The van der Waals surface area contributed by atoms with E-state index in [9.17, 15) is 4.79 Å². The number of allylic oxidation sites excluding steroid dienone is 1. The van der Waals surface area contributed by atoms with Crippen molar-refractivity contribution in [1.82, 2.24) is 0 Å². The Hall–Kier alpha value is -2.86. The fraction of sp³-hybridized carbons (Fsp3) is 0.158. The van der Waals surface area contributed by atoms with E-state index in [0.29, 0.717) is 17.0 Å². The van der Waals surface area contributed by atoms with Crippen LogP contribution in [-0.4, -0.2) is 5.78 Å². The topological polar surface area (TPSA) is 52.9 Å². The summed E-state index contributed by atoms with van der Waals surface area (Å²) in [6.07, 6.45) is 3.08. The van der Waals surface area contributed by atoms with Gasteiger partial charge in [0.1, 0.15) is 0 Å². The third-order valence-electron chi connectivity index (χ3n) is 3.34. The number of carbonyl (C=O) groups is 1. The van der Waals surface area contributed by atoms with Crippen molar-refractivity contribution in [1.29, 1.82) is 5.26 Å². The van der Waals surface area contributed by atoms with Crippen LogP contribution in [0.3, 0.4) is 0 Å². The van der Waals surface area contributed by atoms with Gasteiger partial charge in [-0.3, -0.25) is 4.79 Å². The van der Waals surface area contributed by atoms with E-state index < -0.39 is 0 Å². The van der Waals surface area contributed by atoms with Gasteiger partial charge in [-0.1, -0.05) is 44.2 Å². The lowest BCUT2D eigenvalue weighted by Crippen LogP contribution is -1.97. The molecule has 3 heteroatoms. The average molecular weight is 290 g/mol. The first kappa shape index (κ1) is 15.5. The van der Waals surface area contributed by atoms with Crippen LogP contribution >= 0.6 is 0 Å². The minimum Gasteiger partial charge on any atom is -0.362 e. The zero-order valence-corrected chi connectivity index (χ0v) is 12.7. The van der Waals surface area contributed by atoms with Crippen LogP contribution < -0.4 is 5.32 Å². The van der Waals surface area contributed by atoms with Gasteiger partial charge >= 0.3 is 0 Å². The maximum Gasteiger partial charge on any atom is 0.187 e. The molecule has 0 unspecified atom stereocenters. The summed E-state index contributed by atoms with van der Waals surface area (Å²) in [7, 11) is 0. The molecule has 0 atom stereocenters. The minimum atomic E-state index is -0.0563. The molecule has 22 heavy (non-hydrogen) atoms. The van der Waals surface area contributed by atoms with Crippen molar-refractivity contribution in [3.63, 3.8) is 0 Å². The quantitative estimate of drug-likeness (QED) is 0.652. The lowest BCUT2D eigenvalue weighted by atomic mass is 10.0. The lowest BCUT2D eigenvalue weighted by molar-refractivity contribution is 0.104. The molecule has 0 amide bonds. The van der Waals surface area contributed by atoms with Gasteiger partial charge in [-0.25, -0.2) is 0 Å². The molecule has 0 fully saturated rings. The zero-order valence-electron chi connectivity index (χ0n) is 12.7. The van der Waals surface area contributed by atoms with E-state index in [1.54, 1.807) is 24.4 Å². The van der Waals surface area contributed by atoms with Crippen molar-refractivity contribution < 1.29 is 4.79 Å². The van der Waals surface area contributed by atoms with Crippen molar-refractivity contribution in [3.8, 4) is 6.07 Å². The third kappa shape index (κ3) is 4.07. The molecule has 0 aliphatic carbocycles. The summed E-state index contributed by atoms with van der Waals surface area (Å²) in [4.78, 5) is 12.1. The number of hydrogen-bond donors (Lipinski definition) is 1. The molecule has 0 aromatic heterocycles. The highest BCUT2D eigenvalue weighted by Crippen LogP contribution is 2.15. The number of nitrogens with zero attached hydrogens (tertiary/aromatic N) is 1. The van der Waals surface area contributed by atoms with Gasteiger partial charge in [-0.15, -0.1) is 0 Å². The van der Waals surface area contributed by atoms with Crippen LogP contribution in [0.4, 0.5) is 5.69 Å². The lowest BCUT2D eigenvalue weighted by Gasteiger charge is -2.05. The van der Waals surface area contributed by atoms with E-state index in [1.807, 2.05) is 30.3 Å². The first-order chi connectivity index (χ1) is 10.6. The molecule has 2 rings (SSSR count). The molecule has 0 spiro atoms. The van der Waals surface area contributed by atoms with E-state index >= 15 is 0 Å². The Kier molecular flexibility index (Phi) is 5.11. The predicted molar refractivity (Wildman–Crippen MR) is 88.8 cm³/mol. The molecule has 0 saturated heterocycles. The summed E-state index contributed by atoms with van der Waals surface area (Å²) < 4.78 is 0. The number of anilines is 1. The Bertz CT molecular complexity index is 722. The maximum absolute atomic E-state index is 12.1. The van der Waals surface area contributed by atoms with Crippen molar-refractivity contribution in [2.45, 2.75) is 19.8 Å². The van der Waals surface area contributed by atoms with Crippen LogP contribution in [0.15, 0.2) is 60.8 Å². The zero-order chi connectivity index (χ0) is 15.9. The Morgan fingerprint density at radius 3 is 2.55 bits per heavy atom. The number of benzene rings is 2. The number of hydrogen-bond acceptors (Lipinski definition) is 3. The number of ketones is 1. The van der Waals surface area contributed by atoms with Crippen LogP contribution in [0.25, 0.3) is 0 Å². The first-order valence-electron chi connectivity index (χ1n) is 7.17. The monoisotopic (exact) mass is 290 g/mol. The standard InChI is InChI=1S/C19H18N2O/c1-14(2)16-6-8-17(9-7-16)19(22)10-11-21-18-5-3-4-15(12-18)13-20/h3-12,14,21H,1-2H3. The number of nitriles is 1. The molecule has 0 radical (unpaired) electrons. The molecule has 0 aliphatic rings. The summed E-state index contributed by atoms with van der Waals surface area (Å²) in [5.74, 6) is 0.396. The molecular formula is C19H18N2O. The molecule has 110 valence electrons. The van der Waals surface area contributed by atoms with Crippen molar-refractivity contribution in [2.24, 2.45) is 0 Å². The molecule has 0 bridgehead atoms. The summed E-state index contributed by atoms with van der Waals surface area (Å²) in [6.45, 7) is 4.24. The second-order valence-electron chi connectivity index (χ2n) is 5.31. The summed E-state index contributed by atoms with van der Waals surface area (Å²) in [6, 6.07) is 16.8. The van der Waals surface area contributed by atoms with Gasteiger partial charge in [-0.05, 0) is 29.7 Å². The van der Waals surface area contributed by atoms with E-state index in [1.165, 1.54) is 11.6 Å². The average Bonchev–Trinajstić information content (AvgIpc) is 2.55. The molecule has 1 N–H and O–H groups in total. The second-order valence-corrected chi connectivity index (χ2v) is 5.31. The summed E-state index contributed by atoms with van der Waals surface area (Å²) >= 11 is 0. The van der Waals surface area contributed by atoms with Crippen molar-refractivity contribution in [3.05, 3.63) is 77.5 Å². The molecule has 0 heterocycles. The fourth-order valence-corrected chi connectivity index (χ4v) is 2.02. The Labute approximate surface area is 130 Å². The largest absolute Gasteiger partial charge is 0.362 e. The molecular weight excluding hydrogens is 272 g/mol. The van der Waals surface area contributed by atoms with Crippen LogP contribution in [0.2, 0.25) is 0 Å². The van der Waals surface area contributed by atoms with Crippen LogP contribution in [0.5, 0.6) is 0 Å². The molecule has 0 aliphatic heterocycles. The number of nitrogens with one attached hydrogen (secondary N) is 1. The summed E-state index contributed by atoms with van der Waals surface area (Å²) in [5, 5.41) is 11.8. The Balaban J connectivity index is 2.00. The normalized spacial score (nSPS) is 10.6. The SMILES string of the molecule is CC(C)c1ccc(C(=O)C=CNc2cccc(C#N)c2)cc1. The number of carbonyl (C=O) groups excluding carboxylic acids is 1. The molecule has 3 nitrogen and oxygen atoms in total. The van der Waals surface area contributed by atoms with Gasteiger partial charge in [0.25, 0.3) is 0 Å². The van der Waals surface area contributed by atoms with Gasteiger partial charge in [0.15, 0.2) is 5.78 Å². The van der Waals surface area contributed by atoms with Gasteiger partial charge in [-0.2, -0.15) is 5.26 Å². The Morgan fingerprint density at radius 1 is 1.18 bits per heavy atom. The molecule has 0 saturated carbocycles. The fourth-order valence-electron chi connectivity index (χ4n) is 2.02. The highest BCUT2D eigenvalue weighted by Gasteiger charge is 2.03.